The zero-order valence-corrected chi connectivity index (χ0v) is 20.3. The normalized spacial score (nSPS) is 26.9. The van der Waals surface area contributed by atoms with Crippen LogP contribution >= 0.6 is 11.6 Å². The van der Waals surface area contributed by atoms with Crippen molar-refractivity contribution in [3.05, 3.63) is 58.1 Å². The molecule has 0 aromatic heterocycles. The molecule has 0 aliphatic carbocycles. The topological polar surface area (TPSA) is 122 Å². The van der Waals surface area contributed by atoms with E-state index in [0.717, 1.165) is 29.7 Å². The van der Waals surface area contributed by atoms with Crippen molar-refractivity contribution in [2.24, 2.45) is 17.6 Å². The highest BCUT2D eigenvalue weighted by atomic mass is 35.5. The smallest absolute Gasteiger partial charge is 0.250 e. The summed E-state index contributed by atoms with van der Waals surface area (Å²) in [5.41, 5.74) is 7.30. The Morgan fingerprint density at radius 1 is 1.11 bits per heavy atom. The van der Waals surface area contributed by atoms with Crippen LogP contribution in [-0.4, -0.2) is 29.7 Å². The van der Waals surface area contributed by atoms with Gasteiger partial charge in [0.2, 0.25) is 23.6 Å². The molecule has 0 saturated carbocycles. The number of nitrogens with one attached hydrogen (secondary N) is 2. The first-order valence-electron chi connectivity index (χ1n) is 11.8. The van der Waals surface area contributed by atoms with E-state index in [1.807, 2.05) is 12.1 Å². The van der Waals surface area contributed by atoms with E-state index in [-0.39, 0.29) is 6.42 Å². The van der Waals surface area contributed by atoms with Crippen molar-refractivity contribution < 1.29 is 19.2 Å². The molecule has 3 heterocycles. The number of hydrogen-bond acceptors (Lipinski definition) is 5. The van der Waals surface area contributed by atoms with Crippen LogP contribution in [0, 0.1) is 18.8 Å². The van der Waals surface area contributed by atoms with Gasteiger partial charge in [-0.1, -0.05) is 43.1 Å². The molecule has 2 aromatic carbocycles. The number of aryl methyl sites for hydroxylation is 1. The Hall–Kier alpha value is -3.23. The fourth-order valence-electron chi connectivity index (χ4n) is 5.83. The number of imide groups is 1. The zero-order valence-electron chi connectivity index (χ0n) is 19.6. The van der Waals surface area contributed by atoms with E-state index >= 15 is 0 Å². The van der Waals surface area contributed by atoms with Crippen LogP contribution in [0.15, 0.2) is 36.4 Å². The van der Waals surface area contributed by atoms with E-state index in [1.165, 1.54) is 0 Å². The second kappa shape index (κ2) is 8.46. The highest BCUT2D eigenvalue weighted by Gasteiger charge is 2.70. The molecule has 4 atom stereocenters. The number of hydrogen-bond donors (Lipinski definition) is 3. The van der Waals surface area contributed by atoms with Gasteiger partial charge in [0.1, 0.15) is 5.54 Å². The summed E-state index contributed by atoms with van der Waals surface area (Å²) < 4.78 is 0. The van der Waals surface area contributed by atoms with E-state index in [9.17, 15) is 19.2 Å². The van der Waals surface area contributed by atoms with E-state index in [0.29, 0.717) is 27.5 Å². The Morgan fingerprint density at radius 3 is 2.49 bits per heavy atom. The van der Waals surface area contributed by atoms with E-state index in [2.05, 4.69) is 17.6 Å². The number of amides is 4. The number of unbranched alkanes of at least 4 members (excludes halogenated alkanes) is 1. The van der Waals surface area contributed by atoms with Crippen molar-refractivity contribution in [1.29, 1.82) is 0 Å². The van der Waals surface area contributed by atoms with Gasteiger partial charge in [-0.25, -0.2) is 4.90 Å². The third-order valence-electron chi connectivity index (χ3n) is 7.52. The van der Waals surface area contributed by atoms with Crippen molar-refractivity contribution in [3.8, 4) is 0 Å². The number of carbonyl (C=O) groups is 4. The molecule has 2 unspecified atom stereocenters. The van der Waals surface area contributed by atoms with E-state index < -0.39 is 47.0 Å². The second-order valence-corrected chi connectivity index (χ2v) is 9.97. The number of anilines is 2. The molecule has 2 aromatic rings. The van der Waals surface area contributed by atoms with Gasteiger partial charge in [0.05, 0.1) is 23.2 Å². The number of primary amides is 1. The molecule has 4 amide bonds. The first kappa shape index (κ1) is 23.5. The van der Waals surface area contributed by atoms with Gasteiger partial charge in [0.15, 0.2) is 0 Å². The van der Waals surface area contributed by atoms with Crippen molar-refractivity contribution in [1.82, 2.24) is 5.32 Å². The summed E-state index contributed by atoms with van der Waals surface area (Å²) >= 11 is 6.28. The van der Waals surface area contributed by atoms with Crippen LogP contribution in [0.5, 0.6) is 0 Å². The summed E-state index contributed by atoms with van der Waals surface area (Å²) in [5.74, 6) is -3.93. The maximum atomic E-state index is 13.9. The molecular formula is C26H27ClN4O4. The average Bonchev–Trinajstić information content (AvgIpc) is 3.40. The number of nitrogens with two attached hydrogens (primary N) is 1. The van der Waals surface area contributed by atoms with Gasteiger partial charge in [-0.2, -0.15) is 0 Å². The molecule has 0 radical (unpaired) electrons. The molecule has 1 spiro atoms. The minimum Gasteiger partial charge on any atom is -0.370 e. The van der Waals surface area contributed by atoms with Gasteiger partial charge in [-0.3, -0.25) is 24.5 Å². The van der Waals surface area contributed by atoms with E-state index in [1.54, 1.807) is 31.2 Å². The largest absolute Gasteiger partial charge is 0.370 e. The Balaban J connectivity index is 1.60. The lowest BCUT2D eigenvalue weighted by Gasteiger charge is -2.29. The van der Waals surface area contributed by atoms with Crippen molar-refractivity contribution in [2.45, 2.75) is 51.1 Å². The van der Waals surface area contributed by atoms with Crippen LogP contribution < -0.4 is 21.3 Å². The minimum absolute atomic E-state index is 0.180. The summed E-state index contributed by atoms with van der Waals surface area (Å²) in [6, 6.07) is 9.95. The molecule has 4 N–H and O–H groups in total. The Labute approximate surface area is 208 Å². The number of fused-ring (bicyclic) bond motifs is 4. The third kappa shape index (κ3) is 3.38. The minimum atomic E-state index is -1.50. The summed E-state index contributed by atoms with van der Waals surface area (Å²) in [7, 11) is 0. The number of carbonyl (C=O) groups excluding carboxylic acids is 4. The number of rotatable bonds is 6. The lowest BCUT2D eigenvalue weighted by Crippen LogP contribution is -2.53. The van der Waals surface area contributed by atoms with E-state index in [4.69, 9.17) is 17.3 Å². The van der Waals surface area contributed by atoms with Crippen LogP contribution in [0.25, 0.3) is 0 Å². The quantitative estimate of drug-likeness (QED) is 0.533. The highest BCUT2D eigenvalue weighted by molar-refractivity contribution is 6.32. The van der Waals surface area contributed by atoms with Crippen LogP contribution in [0.3, 0.4) is 0 Å². The molecule has 182 valence electrons. The van der Waals surface area contributed by atoms with Crippen LogP contribution in [0.4, 0.5) is 11.4 Å². The SMILES string of the molecule is CCCCc1ccc(N2C(=O)[C@@H]3C(CC(N)=O)NC4(C(=O)Nc5c4ccc(Cl)c5C)[C@@H]3C2=O)cc1. The van der Waals surface area contributed by atoms with Gasteiger partial charge in [0, 0.05) is 23.0 Å². The third-order valence-corrected chi connectivity index (χ3v) is 7.93. The fraction of sp³-hybridized carbons (Fsp3) is 0.385. The Kier molecular flexibility index (Phi) is 5.68. The highest BCUT2D eigenvalue weighted by Crippen LogP contribution is 2.55. The Morgan fingerprint density at radius 2 is 1.83 bits per heavy atom. The second-order valence-electron chi connectivity index (χ2n) is 9.56. The standard InChI is InChI=1S/C26H27ClN4O4/c1-3-4-5-14-6-8-15(9-7-14)31-23(33)20-18(12-19(28)32)30-26(21(20)24(31)34)16-10-11-17(27)13(2)22(16)29-25(26)35/h6-11,18,20-21,30H,3-5,12H2,1-2H3,(H2,28,32)(H,29,35)/t18?,20-,21+,26?/m1/s1. The molecule has 2 saturated heterocycles. The fourth-order valence-corrected chi connectivity index (χ4v) is 5.99. The summed E-state index contributed by atoms with van der Waals surface area (Å²) in [5, 5.41) is 6.53. The molecule has 3 aliphatic rings. The maximum Gasteiger partial charge on any atom is 0.250 e. The predicted octanol–water partition coefficient (Wildman–Crippen LogP) is 2.79. The van der Waals surface area contributed by atoms with Gasteiger partial charge >= 0.3 is 0 Å². The van der Waals surface area contributed by atoms with Gasteiger partial charge in [-0.05, 0) is 49.1 Å². The first-order valence-corrected chi connectivity index (χ1v) is 12.2. The molecule has 2 fully saturated rings. The molecule has 0 bridgehead atoms. The maximum absolute atomic E-state index is 13.9. The average molecular weight is 495 g/mol. The first-order chi connectivity index (χ1) is 16.7. The van der Waals surface area contributed by atoms with Crippen molar-refractivity contribution in [2.75, 3.05) is 10.2 Å². The summed E-state index contributed by atoms with van der Waals surface area (Å²) in [6.07, 6.45) is 2.85. The number of benzene rings is 2. The lowest BCUT2D eigenvalue weighted by molar-refractivity contribution is -0.130. The van der Waals surface area contributed by atoms with Gasteiger partial charge in [-0.15, -0.1) is 0 Å². The number of halogens is 1. The lowest BCUT2D eigenvalue weighted by atomic mass is 9.76. The van der Waals surface area contributed by atoms with Crippen LogP contribution in [0.1, 0.15) is 42.9 Å². The molecule has 9 heteroatoms. The molecule has 35 heavy (non-hydrogen) atoms. The van der Waals surface area contributed by atoms with Crippen molar-refractivity contribution >= 4 is 46.6 Å². The molecule has 8 nitrogen and oxygen atoms in total. The van der Waals surface area contributed by atoms with Gasteiger partial charge < -0.3 is 11.1 Å². The van der Waals surface area contributed by atoms with Gasteiger partial charge in [0.25, 0.3) is 0 Å². The summed E-state index contributed by atoms with van der Waals surface area (Å²) in [4.78, 5) is 54.1. The zero-order chi connectivity index (χ0) is 25.1. The number of nitrogens with zero attached hydrogens (tertiary/aromatic N) is 1. The Bertz CT molecular complexity index is 1260. The molecule has 5 rings (SSSR count). The molecule has 3 aliphatic heterocycles. The predicted molar refractivity (Wildman–Crippen MR) is 132 cm³/mol. The van der Waals surface area contributed by atoms with Crippen LogP contribution in [-0.2, 0) is 31.1 Å². The van der Waals surface area contributed by atoms with Crippen molar-refractivity contribution in [3.63, 3.8) is 0 Å². The van der Waals surface area contributed by atoms with Crippen LogP contribution in [0.2, 0.25) is 5.02 Å². The molecular weight excluding hydrogens is 468 g/mol. The monoisotopic (exact) mass is 494 g/mol. The summed E-state index contributed by atoms with van der Waals surface area (Å²) in [6.45, 7) is 3.90.